The number of benzene rings is 1. The van der Waals surface area contributed by atoms with Crippen LogP contribution in [0.15, 0.2) is 18.2 Å². The van der Waals surface area contributed by atoms with Crippen LogP contribution in [0, 0.1) is 0 Å². The predicted octanol–water partition coefficient (Wildman–Crippen LogP) is 2.46. The fourth-order valence-electron chi connectivity index (χ4n) is 2.94. The van der Waals surface area contributed by atoms with Crippen LogP contribution in [-0.2, 0) is 11.2 Å². The molecule has 0 aromatic heterocycles. The average molecular weight is 336 g/mol. The highest BCUT2D eigenvalue weighted by Crippen LogP contribution is 2.27. The zero-order valence-electron chi connectivity index (χ0n) is 14.8. The number of piperidine rings is 1. The first-order valence-electron chi connectivity index (χ1n) is 8.54. The predicted molar refractivity (Wildman–Crippen MR) is 92.9 cm³/mol. The summed E-state index contributed by atoms with van der Waals surface area (Å²) in [7, 11) is 3.29. The molecule has 6 heteroatoms. The van der Waals surface area contributed by atoms with Crippen LogP contribution in [0.25, 0.3) is 0 Å². The molecule has 1 aromatic carbocycles. The van der Waals surface area contributed by atoms with Crippen LogP contribution in [-0.4, -0.2) is 57.5 Å². The summed E-state index contributed by atoms with van der Waals surface area (Å²) in [6.07, 6.45) is 2.66. The average Bonchev–Trinajstić information content (AvgIpc) is 2.62. The summed E-state index contributed by atoms with van der Waals surface area (Å²) in [6.45, 7) is 4.68. The molecule has 134 valence electrons. The largest absolute Gasteiger partial charge is 0.493 e. The zero-order chi connectivity index (χ0) is 17.4. The second kappa shape index (κ2) is 9.37. The van der Waals surface area contributed by atoms with E-state index in [1.54, 1.807) is 19.1 Å². The van der Waals surface area contributed by atoms with E-state index in [0.29, 0.717) is 12.6 Å². The van der Waals surface area contributed by atoms with Gasteiger partial charge in [-0.05, 0) is 50.4 Å². The first kappa shape index (κ1) is 18.4. The van der Waals surface area contributed by atoms with Crippen LogP contribution in [0.3, 0.4) is 0 Å². The van der Waals surface area contributed by atoms with Gasteiger partial charge in [-0.3, -0.25) is 0 Å². The van der Waals surface area contributed by atoms with Crippen molar-refractivity contribution in [1.82, 2.24) is 10.2 Å². The third-order valence-electron chi connectivity index (χ3n) is 4.32. The van der Waals surface area contributed by atoms with Crippen LogP contribution in [0.2, 0.25) is 0 Å². The number of carbonyl (C=O) groups excluding carboxylic acids is 1. The van der Waals surface area contributed by atoms with Gasteiger partial charge in [-0.1, -0.05) is 6.07 Å². The molecule has 2 rings (SSSR count). The second-order valence-electron chi connectivity index (χ2n) is 5.85. The minimum Gasteiger partial charge on any atom is -0.493 e. The molecule has 0 saturated carbocycles. The Bertz CT molecular complexity index is 528. The maximum atomic E-state index is 11.7. The molecule has 1 heterocycles. The lowest BCUT2D eigenvalue weighted by molar-refractivity contribution is 0.0952. The molecule has 1 N–H and O–H groups in total. The number of hydrogen-bond donors (Lipinski definition) is 1. The molecular formula is C18H28N2O4. The molecule has 0 spiro atoms. The van der Waals surface area contributed by atoms with Crippen LogP contribution in [0.4, 0.5) is 4.79 Å². The van der Waals surface area contributed by atoms with E-state index in [-0.39, 0.29) is 6.09 Å². The summed E-state index contributed by atoms with van der Waals surface area (Å²) >= 11 is 0. The number of nitrogens with one attached hydrogen (secondary N) is 1. The topological polar surface area (TPSA) is 60.0 Å². The van der Waals surface area contributed by atoms with Crippen molar-refractivity contribution in [2.24, 2.45) is 0 Å². The second-order valence-corrected chi connectivity index (χ2v) is 5.85. The van der Waals surface area contributed by atoms with Crippen molar-refractivity contribution in [1.29, 1.82) is 0 Å². The molecule has 6 nitrogen and oxygen atoms in total. The Kier molecular flexibility index (Phi) is 7.18. The van der Waals surface area contributed by atoms with E-state index in [1.165, 1.54) is 5.56 Å². The third-order valence-corrected chi connectivity index (χ3v) is 4.32. The number of amides is 1. The summed E-state index contributed by atoms with van der Waals surface area (Å²) in [5.41, 5.74) is 1.21. The highest BCUT2D eigenvalue weighted by molar-refractivity contribution is 5.67. The lowest BCUT2D eigenvalue weighted by atomic mass is 10.0. The van der Waals surface area contributed by atoms with Gasteiger partial charge in [0.2, 0.25) is 0 Å². The van der Waals surface area contributed by atoms with E-state index in [4.69, 9.17) is 14.2 Å². The fraction of sp³-hybridized carbons (Fsp3) is 0.611. The van der Waals surface area contributed by atoms with Gasteiger partial charge in [0, 0.05) is 19.1 Å². The van der Waals surface area contributed by atoms with Crippen LogP contribution >= 0.6 is 0 Å². The molecule has 1 amide bonds. The Morgan fingerprint density at radius 3 is 2.54 bits per heavy atom. The molecule has 1 saturated heterocycles. The van der Waals surface area contributed by atoms with Crippen LogP contribution < -0.4 is 14.8 Å². The van der Waals surface area contributed by atoms with Gasteiger partial charge in [-0.2, -0.15) is 0 Å². The molecule has 0 unspecified atom stereocenters. The van der Waals surface area contributed by atoms with Gasteiger partial charge in [-0.15, -0.1) is 0 Å². The van der Waals surface area contributed by atoms with Gasteiger partial charge in [0.15, 0.2) is 11.5 Å². The Hall–Kier alpha value is -1.95. The Morgan fingerprint density at radius 1 is 1.21 bits per heavy atom. The molecule has 1 aliphatic rings. The molecule has 0 radical (unpaired) electrons. The quantitative estimate of drug-likeness (QED) is 0.829. The highest BCUT2D eigenvalue weighted by atomic mass is 16.6. The molecule has 1 fully saturated rings. The number of ether oxygens (including phenoxy) is 3. The summed E-state index contributed by atoms with van der Waals surface area (Å²) in [6, 6.07) is 6.47. The van der Waals surface area contributed by atoms with Crippen molar-refractivity contribution < 1.29 is 19.0 Å². The van der Waals surface area contributed by atoms with Crippen LogP contribution in [0.5, 0.6) is 11.5 Å². The first-order valence-corrected chi connectivity index (χ1v) is 8.54. The van der Waals surface area contributed by atoms with Gasteiger partial charge in [0.1, 0.15) is 0 Å². The highest BCUT2D eigenvalue weighted by Gasteiger charge is 2.22. The Morgan fingerprint density at radius 2 is 1.92 bits per heavy atom. The third kappa shape index (κ3) is 5.03. The molecule has 1 aromatic rings. The number of nitrogens with zero attached hydrogens (tertiary/aromatic N) is 1. The van der Waals surface area contributed by atoms with Crippen molar-refractivity contribution in [3.8, 4) is 11.5 Å². The van der Waals surface area contributed by atoms with E-state index >= 15 is 0 Å². The van der Waals surface area contributed by atoms with Crippen molar-refractivity contribution in [2.45, 2.75) is 32.2 Å². The number of methoxy groups -OCH3 is 2. The molecular weight excluding hydrogens is 308 g/mol. The summed E-state index contributed by atoms with van der Waals surface area (Å²) in [5, 5.41) is 3.58. The van der Waals surface area contributed by atoms with Crippen molar-refractivity contribution in [3.63, 3.8) is 0 Å². The molecule has 0 aliphatic carbocycles. The van der Waals surface area contributed by atoms with Gasteiger partial charge < -0.3 is 24.4 Å². The van der Waals surface area contributed by atoms with Gasteiger partial charge in [-0.25, -0.2) is 4.79 Å². The summed E-state index contributed by atoms with van der Waals surface area (Å²) in [4.78, 5) is 13.5. The van der Waals surface area contributed by atoms with E-state index < -0.39 is 0 Å². The maximum absolute atomic E-state index is 11.7. The monoisotopic (exact) mass is 336 g/mol. The lowest BCUT2D eigenvalue weighted by Crippen LogP contribution is -2.45. The number of likely N-dealkylation sites (tertiary alicyclic amines) is 1. The maximum Gasteiger partial charge on any atom is 0.409 e. The molecule has 1 aliphatic heterocycles. The minimum absolute atomic E-state index is 0.193. The summed E-state index contributed by atoms with van der Waals surface area (Å²) < 4.78 is 15.6. The van der Waals surface area contributed by atoms with E-state index in [2.05, 4.69) is 11.4 Å². The molecule has 0 bridgehead atoms. The number of rotatable bonds is 7. The fourth-order valence-corrected chi connectivity index (χ4v) is 2.94. The number of hydrogen-bond acceptors (Lipinski definition) is 5. The summed E-state index contributed by atoms with van der Waals surface area (Å²) in [5.74, 6) is 1.51. The Labute approximate surface area is 144 Å². The lowest BCUT2D eigenvalue weighted by Gasteiger charge is -2.31. The van der Waals surface area contributed by atoms with E-state index in [1.807, 2.05) is 19.1 Å². The molecule has 24 heavy (non-hydrogen) atoms. The standard InChI is InChI=1S/C18H28N2O4/c1-4-24-18(21)20-11-8-15(9-12-20)19-10-7-14-5-6-16(22-2)17(13-14)23-3/h5-6,13,15,19H,4,7-12H2,1-3H3. The van der Waals surface area contributed by atoms with Crippen LogP contribution in [0.1, 0.15) is 25.3 Å². The van der Waals surface area contributed by atoms with Gasteiger partial charge in [0.25, 0.3) is 0 Å². The van der Waals surface area contributed by atoms with Gasteiger partial charge >= 0.3 is 6.09 Å². The van der Waals surface area contributed by atoms with Crippen molar-refractivity contribution in [2.75, 3.05) is 40.5 Å². The first-order chi connectivity index (χ1) is 11.7. The minimum atomic E-state index is -0.193. The smallest absolute Gasteiger partial charge is 0.409 e. The Balaban J connectivity index is 1.73. The molecule has 0 atom stereocenters. The van der Waals surface area contributed by atoms with E-state index in [0.717, 1.165) is 50.4 Å². The van der Waals surface area contributed by atoms with E-state index in [9.17, 15) is 4.79 Å². The van der Waals surface area contributed by atoms with Crippen molar-refractivity contribution in [3.05, 3.63) is 23.8 Å². The zero-order valence-corrected chi connectivity index (χ0v) is 14.8. The number of carbonyl (C=O) groups is 1. The normalized spacial score (nSPS) is 15.2. The SMILES string of the molecule is CCOC(=O)N1CCC(NCCc2ccc(OC)c(OC)c2)CC1. The van der Waals surface area contributed by atoms with Crippen molar-refractivity contribution >= 4 is 6.09 Å². The van der Waals surface area contributed by atoms with Gasteiger partial charge in [0.05, 0.1) is 20.8 Å².